The van der Waals surface area contributed by atoms with Crippen molar-refractivity contribution in [2.45, 2.75) is 24.8 Å². The largest absolute Gasteiger partial charge is 0.358 e. The van der Waals surface area contributed by atoms with Gasteiger partial charge in [0.2, 0.25) is 0 Å². The van der Waals surface area contributed by atoms with Crippen LogP contribution in [-0.2, 0) is 4.74 Å². The van der Waals surface area contributed by atoms with Crippen molar-refractivity contribution in [2.24, 2.45) is 4.99 Å². The quantitative estimate of drug-likeness (QED) is 0.891. The fraction of sp³-hybridized carbons (Fsp3) is 0.417. The van der Waals surface area contributed by atoms with Gasteiger partial charge >= 0.3 is 0 Å². The van der Waals surface area contributed by atoms with Crippen molar-refractivity contribution in [2.75, 3.05) is 12.4 Å². The summed E-state index contributed by atoms with van der Waals surface area (Å²) in [6.07, 6.45) is -0.109. The standard InChI is InChI=1S/C12H15ClN2OS/c1-12(2)10(16-3)15-11(17-12)14-9-6-4-8(13)5-7-9/h4-7,10H,1-3H3,(H,14,15)/t10-/m1/s1. The number of halogens is 1. The van der Waals surface area contributed by atoms with Crippen LogP contribution in [0, 0.1) is 0 Å². The molecule has 0 fully saturated rings. The molecule has 0 amide bonds. The summed E-state index contributed by atoms with van der Waals surface area (Å²) in [6.45, 7) is 4.23. The number of hydrogen-bond acceptors (Lipinski definition) is 4. The highest BCUT2D eigenvalue weighted by atomic mass is 35.5. The summed E-state index contributed by atoms with van der Waals surface area (Å²) in [5.74, 6) is 0. The second kappa shape index (κ2) is 4.88. The third-order valence-electron chi connectivity index (χ3n) is 2.51. The van der Waals surface area contributed by atoms with E-state index in [1.165, 1.54) is 0 Å². The Balaban J connectivity index is 2.08. The van der Waals surface area contributed by atoms with Crippen molar-refractivity contribution in [3.05, 3.63) is 29.3 Å². The molecule has 5 heteroatoms. The highest BCUT2D eigenvalue weighted by Gasteiger charge is 2.37. The molecular formula is C12H15ClN2OS. The molecule has 0 unspecified atom stereocenters. The Morgan fingerprint density at radius 3 is 2.53 bits per heavy atom. The van der Waals surface area contributed by atoms with Gasteiger partial charge in [0, 0.05) is 17.8 Å². The van der Waals surface area contributed by atoms with Crippen LogP contribution in [0.15, 0.2) is 29.3 Å². The Morgan fingerprint density at radius 1 is 1.35 bits per heavy atom. The molecule has 0 saturated heterocycles. The zero-order chi connectivity index (χ0) is 12.5. The molecule has 2 rings (SSSR count). The summed E-state index contributed by atoms with van der Waals surface area (Å²) < 4.78 is 5.31. The van der Waals surface area contributed by atoms with Gasteiger partial charge in [-0.3, -0.25) is 0 Å². The number of hydrogen-bond donors (Lipinski definition) is 1. The van der Waals surface area contributed by atoms with Crippen LogP contribution in [0.2, 0.25) is 5.02 Å². The molecule has 0 saturated carbocycles. The maximum Gasteiger partial charge on any atom is 0.165 e. The molecule has 1 aromatic rings. The van der Waals surface area contributed by atoms with E-state index in [0.29, 0.717) is 0 Å². The lowest BCUT2D eigenvalue weighted by atomic mass is 10.2. The molecule has 0 aliphatic carbocycles. The van der Waals surface area contributed by atoms with Crippen molar-refractivity contribution in [1.82, 2.24) is 0 Å². The van der Waals surface area contributed by atoms with Crippen LogP contribution < -0.4 is 5.32 Å². The number of nitrogens with one attached hydrogen (secondary N) is 1. The number of anilines is 1. The van der Waals surface area contributed by atoms with Gasteiger partial charge in [0.05, 0.1) is 4.75 Å². The summed E-state index contributed by atoms with van der Waals surface area (Å²) in [7, 11) is 1.68. The third-order valence-corrected chi connectivity index (χ3v) is 3.89. The van der Waals surface area contributed by atoms with E-state index < -0.39 is 0 Å². The monoisotopic (exact) mass is 270 g/mol. The lowest BCUT2D eigenvalue weighted by Gasteiger charge is -2.21. The third kappa shape index (κ3) is 2.94. The molecular weight excluding hydrogens is 256 g/mol. The van der Waals surface area contributed by atoms with Gasteiger partial charge in [-0.1, -0.05) is 23.4 Å². The minimum Gasteiger partial charge on any atom is -0.358 e. The van der Waals surface area contributed by atoms with Crippen molar-refractivity contribution in [1.29, 1.82) is 0 Å². The predicted octanol–water partition coefficient (Wildman–Crippen LogP) is 3.61. The van der Waals surface area contributed by atoms with Crippen LogP contribution in [0.3, 0.4) is 0 Å². The lowest BCUT2D eigenvalue weighted by Crippen LogP contribution is -2.29. The summed E-state index contributed by atoms with van der Waals surface area (Å²) >= 11 is 7.52. The second-order valence-electron chi connectivity index (χ2n) is 4.36. The molecule has 1 atom stereocenters. The first kappa shape index (κ1) is 12.7. The fourth-order valence-electron chi connectivity index (χ4n) is 1.64. The first-order valence-electron chi connectivity index (χ1n) is 5.33. The van der Waals surface area contributed by atoms with E-state index in [4.69, 9.17) is 16.3 Å². The Morgan fingerprint density at radius 2 is 2.00 bits per heavy atom. The zero-order valence-electron chi connectivity index (χ0n) is 10.0. The Labute approximate surface area is 111 Å². The van der Waals surface area contributed by atoms with E-state index in [1.54, 1.807) is 18.9 Å². The molecule has 0 bridgehead atoms. The fourth-order valence-corrected chi connectivity index (χ4v) is 2.83. The molecule has 92 valence electrons. The Kier molecular flexibility index (Phi) is 3.66. The topological polar surface area (TPSA) is 33.6 Å². The van der Waals surface area contributed by atoms with Gasteiger partial charge in [0.15, 0.2) is 11.4 Å². The molecule has 0 radical (unpaired) electrons. The molecule has 3 nitrogen and oxygen atoms in total. The van der Waals surface area contributed by atoms with E-state index >= 15 is 0 Å². The minimum absolute atomic E-state index is 0.0382. The Hall–Kier alpha value is -0.710. The van der Waals surface area contributed by atoms with Gasteiger partial charge < -0.3 is 10.1 Å². The van der Waals surface area contributed by atoms with E-state index in [0.717, 1.165) is 15.9 Å². The van der Waals surface area contributed by atoms with Crippen LogP contribution in [0.5, 0.6) is 0 Å². The smallest absolute Gasteiger partial charge is 0.165 e. The van der Waals surface area contributed by atoms with Crippen molar-refractivity contribution >= 4 is 34.2 Å². The van der Waals surface area contributed by atoms with Gasteiger partial charge in [-0.15, -0.1) is 0 Å². The summed E-state index contributed by atoms with van der Waals surface area (Å²) in [5.41, 5.74) is 0.980. The number of nitrogens with zero attached hydrogens (tertiary/aromatic N) is 1. The summed E-state index contributed by atoms with van der Waals surface area (Å²) in [5, 5.41) is 4.87. The predicted molar refractivity (Wildman–Crippen MR) is 75.0 cm³/mol. The van der Waals surface area contributed by atoms with E-state index in [-0.39, 0.29) is 11.0 Å². The van der Waals surface area contributed by atoms with Gasteiger partial charge in [0.25, 0.3) is 0 Å². The van der Waals surface area contributed by atoms with Crippen molar-refractivity contribution < 1.29 is 4.74 Å². The van der Waals surface area contributed by atoms with Gasteiger partial charge in [-0.2, -0.15) is 0 Å². The average Bonchev–Trinajstić information content (AvgIpc) is 2.56. The van der Waals surface area contributed by atoms with Crippen molar-refractivity contribution in [3.8, 4) is 0 Å². The second-order valence-corrected chi connectivity index (χ2v) is 6.44. The molecule has 1 aliphatic heterocycles. The summed E-state index contributed by atoms with van der Waals surface area (Å²) in [6, 6.07) is 7.56. The maximum atomic E-state index is 5.84. The number of rotatable bonds is 2. The lowest BCUT2D eigenvalue weighted by molar-refractivity contribution is 0.0889. The normalized spacial score (nSPS) is 22.4. The van der Waals surface area contributed by atoms with Crippen molar-refractivity contribution in [3.63, 3.8) is 0 Å². The SMILES string of the molecule is CO[C@H]1N=C(Nc2ccc(Cl)cc2)SC1(C)C. The molecule has 1 heterocycles. The number of aliphatic imine (C=N–C) groups is 1. The first-order valence-corrected chi connectivity index (χ1v) is 6.53. The zero-order valence-corrected chi connectivity index (χ0v) is 11.6. The number of amidine groups is 1. The van der Waals surface area contributed by atoms with E-state index in [9.17, 15) is 0 Å². The first-order chi connectivity index (χ1) is 8.01. The van der Waals surface area contributed by atoms with E-state index in [1.807, 2.05) is 24.3 Å². The van der Waals surface area contributed by atoms with Crippen LogP contribution in [0.1, 0.15) is 13.8 Å². The number of ether oxygens (including phenoxy) is 1. The molecule has 0 spiro atoms. The maximum absolute atomic E-state index is 5.84. The minimum atomic E-state index is -0.109. The average molecular weight is 271 g/mol. The Bertz CT molecular complexity index is 431. The molecule has 17 heavy (non-hydrogen) atoms. The van der Waals surface area contributed by atoms with Crippen LogP contribution in [0.4, 0.5) is 5.69 Å². The van der Waals surface area contributed by atoms with Crippen LogP contribution in [0.25, 0.3) is 0 Å². The van der Waals surface area contributed by atoms with Crippen LogP contribution >= 0.6 is 23.4 Å². The highest BCUT2D eigenvalue weighted by Crippen LogP contribution is 2.38. The summed E-state index contributed by atoms with van der Waals surface area (Å²) in [4.78, 5) is 4.49. The van der Waals surface area contributed by atoms with Crippen LogP contribution in [-0.4, -0.2) is 23.3 Å². The molecule has 0 aromatic heterocycles. The molecule has 1 aromatic carbocycles. The molecule has 1 N–H and O–H groups in total. The van der Waals surface area contributed by atoms with E-state index in [2.05, 4.69) is 24.2 Å². The molecule has 1 aliphatic rings. The van der Waals surface area contributed by atoms with Gasteiger partial charge in [-0.25, -0.2) is 4.99 Å². The number of benzene rings is 1. The number of thioether (sulfide) groups is 1. The van der Waals surface area contributed by atoms with Gasteiger partial charge in [-0.05, 0) is 38.1 Å². The van der Waals surface area contributed by atoms with Gasteiger partial charge in [0.1, 0.15) is 0 Å². The highest BCUT2D eigenvalue weighted by molar-refractivity contribution is 8.15. The number of methoxy groups -OCH3 is 1.